The maximum Gasteiger partial charge on any atom is 0.0846 e. The molecule has 0 bridgehead atoms. The molecule has 0 aromatic heterocycles. The van der Waals surface area contributed by atoms with Gasteiger partial charge in [-0.1, -0.05) is 81.8 Å². The number of carbonyl (C=O) groups excluding carboxylic acids is 2. The van der Waals surface area contributed by atoms with Gasteiger partial charge < -0.3 is 50.4 Å². The summed E-state index contributed by atoms with van der Waals surface area (Å²) < 4.78 is 0. The van der Waals surface area contributed by atoms with E-state index in [4.69, 9.17) is 0 Å². The molecule has 0 saturated heterocycles. The molecule has 54 heavy (non-hydrogen) atoms. The zero-order valence-electron chi connectivity index (χ0n) is 35.4. The van der Waals surface area contributed by atoms with E-state index in [1.165, 1.54) is 59.9 Å². The number of amides is 2. The summed E-state index contributed by atoms with van der Waals surface area (Å²) >= 11 is 0. The molecule has 1 atom stereocenters. The van der Waals surface area contributed by atoms with Crippen LogP contribution in [-0.2, 0) is 140 Å². The van der Waals surface area contributed by atoms with Crippen molar-refractivity contribution in [2.45, 2.75) is 95.9 Å². The molecule has 282 valence electrons. The first kappa shape index (κ1) is 60.5. The zero-order chi connectivity index (χ0) is 38.3. The van der Waals surface area contributed by atoms with Crippen LogP contribution in [0.4, 0.5) is 11.4 Å². The van der Waals surface area contributed by atoms with Crippen LogP contribution in [-0.4, -0.2) is 26.4 Å². The molecule has 0 aliphatic heterocycles. The minimum atomic E-state index is -0.223. The van der Waals surface area contributed by atoms with Gasteiger partial charge in [-0.05, 0) is 7.05 Å². The minimum absolute atomic E-state index is 0. The summed E-state index contributed by atoms with van der Waals surface area (Å²) in [5.41, 5.74) is 16.5. The van der Waals surface area contributed by atoms with Crippen LogP contribution in [0.5, 0.6) is 0 Å². The Morgan fingerprint density at radius 1 is 0.741 bits per heavy atom. The topological polar surface area (TPSA) is 40.6 Å². The second-order valence-corrected chi connectivity index (χ2v) is 12.9. The number of rotatable bonds is 6. The number of hydrogen-bond acceptors (Lipinski definition) is 2. The van der Waals surface area contributed by atoms with E-state index in [0.717, 1.165) is 28.1 Å². The van der Waals surface area contributed by atoms with Gasteiger partial charge >= 0.3 is 0 Å². The average molecular weight is 1020 g/mol. The first-order valence-corrected chi connectivity index (χ1v) is 16.9. The van der Waals surface area contributed by atoms with Gasteiger partial charge in [0.1, 0.15) is 0 Å². The van der Waals surface area contributed by atoms with E-state index >= 15 is 0 Å². The van der Waals surface area contributed by atoms with Crippen LogP contribution < -0.4 is 9.80 Å². The van der Waals surface area contributed by atoms with Gasteiger partial charge in [-0.25, -0.2) is 23.4 Å². The fourth-order valence-corrected chi connectivity index (χ4v) is 4.71. The van der Waals surface area contributed by atoms with Crippen LogP contribution in [0, 0.1) is 113 Å². The molecule has 0 N–H and O–H groups in total. The molecule has 4 radical (unpaired) electrons. The van der Waals surface area contributed by atoms with Gasteiger partial charge in [0.15, 0.2) is 0 Å². The van der Waals surface area contributed by atoms with Crippen molar-refractivity contribution >= 4 is 29.8 Å². The first-order chi connectivity index (χ1) is 23.4. The van der Waals surface area contributed by atoms with Gasteiger partial charge in [-0.15, -0.1) is 24.6 Å². The van der Waals surface area contributed by atoms with Gasteiger partial charge in [-0.2, -0.15) is 93.2 Å². The molecule has 0 saturated carbocycles. The van der Waals surface area contributed by atoms with E-state index in [2.05, 4.69) is 111 Å². The number of aryl methyl sites for hydroxylation is 9. The van der Waals surface area contributed by atoms with Crippen molar-refractivity contribution in [2.24, 2.45) is 0 Å². The number of anilines is 2. The normalized spacial score (nSPS) is 10.1. The molecule has 1 unspecified atom stereocenters. The van der Waals surface area contributed by atoms with E-state index in [1.807, 2.05) is 65.0 Å². The monoisotopic (exact) mass is 1020 g/mol. The van der Waals surface area contributed by atoms with Gasteiger partial charge in [-0.3, -0.25) is 6.07 Å². The molecule has 8 heteroatoms. The van der Waals surface area contributed by atoms with E-state index in [-0.39, 0.29) is 137 Å². The third-order valence-electron chi connectivity index (χ3n) is 8.83. The average Bonchev–Trinajstić information content (AvgIpc) is 3.07. The first-order valence-electron chi connectivity index (χ1n) is 16.9. The van der Waals surface area contributed by atoms with Crippen LogP contribution in [0.15, 0.2) is 36.4 Å². The Morgan fingerprint density at radius 2 is 1.24 bits per heavy atom. The number of allylic oxidation sites excluding steroid dienone is 1. The van der Waals surface area contributed by atoms with E-state index in [0.29, 0.717) is 5.92 Å². The van der Waals surface area contributed by atoms with Crippen molar-refractivity contribution in [2.75, 3.05) is 23.9 Å². The SMILES string of the molecule is C[C-]=Cc1[c-]c(C)cc(C)c1C.C[CH-]C(C)c1[c-]c(C)c(C)cc1C.Cc1c[c-]c(N(C)[C-]=O)cc1C.[CH2-]C(=O)N(C)c1[c-]cc(C)c(C)c1.[Y].[Y].[Y].[Y]. The van der Waals surface area contributed by atoms with E-state index in [9.17, 15) is 9.59 Å². The summed E-state index contributed by atoms with van der Waals surface area (Å²) in [5.74, 6) is 0.291. The maximum absolute atomic E-state index is 10.9. The van der Waals surface area contributed by atoms with Crippen LogP contribution in [0.3, 0.4) is 0 Å². The summed E-state index contributed by atoms with van der Waals surface area (Å²) in [4.78, 5) is 24.1. The number of benzene rings is 4. The Kier molecular flexibility index (Phi) is 34.6. The van der Waals surface area contributed by atoms with Crippen LogP contribution in [0.1, 0.15) is 93.5 Å². The molecular formula is C46H56N2O2Y4-8. The van der Waals surface area contributed by atoms with E-state index < -0.39 is 0 Å². The smallest absolute Gasteiger partial charge is 0.0846 e. The van der Waals surface area contributed by atoms with Crippen molar-refractivity contribution in [3.05, 3.63) is 147 Å². The van der Waals surface area contributed by atoms with Crippen LogP contribution in [0.25, 0.3) is 6.08 Å². The predicted octanol–water partition coefficient (Wildman–Crippen LogP) is 10.5. The van der Waals surface area contributed by atoms with Crippen molar-refractivity contribution in [1.82, 2.24) is 0 Å². The molecule has 4 nitrogen and oxygen atoms in total. The minimum Gasteiger partial charge on any atom is -0.501 e. The Balaban J connectivity index is -0.000000301. The summed E-state index contributed by atoms with van der Waals surface area (Å²) in [6, 6.07) is 24.8. The predicted molar refractivity (Wildman–Crippen MR) is 213 cm³/mol. The van der Waals surface area contributed by atoms with Crippen LogP contribution in [0.2, 0.25) is 0 Å². The zero-order valence-corrected chi connectivity index (χ0v) is 46.8. The largest absolute Gasteiger partial charge is 0.501 e. The second-order valence-electron chi connectivity index (χ2n) is 12.9. The molecule has 0 spiro atoms. The molecule has 4 rings (SSSR count). The number of nitrogens with zero attached hydrogens (tertiary/aromatic N) is 2. The van der Waals surface area contributed by atoms with Gasteiger partial charge in [0, 0.05) is 138 Å². The quantitative estimate of drug-likeness (QED) is 0.143. The Bertz CT molecular complexity index is 1770. The van der Waals surface area contributed by atoms with Gasteiger partial charge in [0.2, 0.25) is 0 Å². The van der Waals surface area contributed by atoms with Crippen molar-refractivity contribution < 1.29 is 140 Å². The third-order valence-corrected chi connectivity index (χ3v) is 8.83. The summed E-state index contributed by atoms with van der Waals surface area (Å²) in [6.45, 7) is 30.4. The molecule has 0 heterocycles. The summed E-state index contributed by atoms with van der Waals surface area (Å²) in [5, 5.41) is 0. The molecule has 4 aromatic rings. The molecular weight excluding hydrogens is 968 g/mol. The standard InChI is InChI=1S/C13H18.C12H14.C11H13NO.C10H11NO.4Y/c1-6-9(2)13-8-11(4)10(3)7-12(13)5;1-5-6-12-8-9(2)7-10(3)11(12)4;1-8-5-6-11(7-9(8)2)12(4)10(3)13;1-8-4-5-10(6-9(8)2)11(3)7-12;;;;/h6-7,9H,1-5H3;6-7H,1-4H3;5,7H,3H2,1-2,4H3;4,6H,1-3H3;;;;/q4*-2;;;;. The molecule has 0 fully saturated rings. The number of carbonyl (C=O) groups is 1. The Morgan fingerprint density at radius 3 is 1.69 bits per heavy atom. The fourth-order valence-electron chi connectivity index (χ4n) is 4.71. The summed E-state index contributed by atoms with van der Waals surface area (Å²) in [6.07, 6.45) is 9.00. The second kappa shape index (κ2) is 30.9. The van der Waals surface area contributed by atoms with Crippen molar-refractivity contribution in [1.29, 1.82) is 0 Å². The molecule has 0 aliphatic rings. The summed E-state index contributed by atoms with van der Waals surface area (Å²) in [7, 11) is 3.35. The Hall–Kier alpha value is -0.154. The Labute approximate surface area is 430 Å². The van der Waals surface area contributed by atoms with Gasteiger partial charge in [0.25, 0.3) is 0 Å². The van der Waals surface area contributed by atoms with Crippen LogP contribution >= 0.6 is 0 Å². The fraction of sp³-hybridized carbons (Fsp3) is 0.348. The maximum atomic E-state index is 10.9. The van der Waals surface area contributed by atoms with E-state index in [1.54, 1.807) is 20.5 Å². The van der Waals surface area contributed by atoms with Crippen molar-refractivity contribution in [3.8, 4) is 0 Å². The van der Waals surface area contributed by atoms with Gasteiger partial charge in [0.05, 0.1) is 12.3 Å². The number of hydrogen-bond donors (Lipinski definition) is 0. The molecule has 2 amide bonds. The van der Waals surface area contributed by atoms with Crippen molar-refractivity contribution in [3.63, 3.8) is 0 Å². The molecule has 4 aromatic carbocycles. The molecule has 0 aliphatic carbocycles. The third kappa shape index (κ3) is 20.5.